The first-order valence-electron chi connectivity index (χ1n) is 20.5. The van der Waals surface area contributed by atoms with Gasteiger partial charge >= 0.3 is 32.8 Å². The number of nitrogens with zero attached hydrogens (tertiary/aromatic N) is 8. The number of azo groups is 4. The number of anilines is 3. The number of benzene rings is 5. The number of carbonyl (C=O) groups excluding carboxylic acids is 1. The van der Waals surface area contributed by atoms with Gasteiger partial charge in [0.25, 0.3) is 10.1 Å². The highest BCUT2D eigenvalue weighted by Crippen LogP contribution is 2.50. The number of aromatic carboxylic acids is 1. The lowest BCUT2D eigenvalue weighted by Gasteiger charge is -2.14. The van der Waals surface area contributed by atoms with Crippen LogP contribution in [0.5, 0.6) is 5.75 Å². The minimum Gasteiger partial charge on any atom is -0.489 e. The Labute approximate surface area is 420 Å². The molecule has 0 spiro atoms. The second-order valence-corrected chi connectivity index (χ2v) is 20.5. The SMILES string of the molecule is Cc1ccc(N=Nc2c(N)c(N=Nc3ccc(S(=O)(=O)CCOS(=O)(=O)O)cc3)c(C(=O)O)c(N=Nc3cc(NC(N)=O)c(N=Nc4ccc(CCCOS(=O)(=O)O)cc4S(=O)(=O)O)cc3OCCO)c2N)cc1. The van der Waals surface area contributed by atoms with Crippen LogP contribution in [0.2, 0.25) is 0 Å². The number of amides is 2. The van der Waals surface area contributed by atoms with Crippen molar-refractivity contribution < 1.29 is 80.2 Å². The molecule has 0 unspecified atom stereocenters. The number of ether oxygens (including phenoxy) is 1. The van der Waals surface area contributed by atoms with Gasteiger partial charge in [0.15, 0.2) is 9.84 Å². The highest BCUT2D eigenvalue weighted by molar-refractivity contribution is 7.91. The summed E-state index contributed by atoms with van der Waals surface area (Å²) in [5, 5.41) is 55.0. The Morgan fingerprint density at radius 2 is 1.18 bits per heavy atom. The first-order chi connectivity index (χ1) is 34.7. The molecule has 0 radical (unpaired) electrons. The average Bonchev–Trinajstić information content (AvgIpc) is 3.30. The van der Waals surface area contributed by atoms with E-state index in [1.807, 2.05) is 6.92 Å². The van der Waals surface area contributed by atoms with Gasteiger partial charge in [0.05, 0.1) is 58.9 Å². The van der Waals surface area contributed by atoms with Crippen molar-refractivity contribution in [1.29, 1.82) is 0 Å². The standard InChI is InChI=1S/C40H42N12O18S4/c1-22-4-7-24(8-5-22)46-52-38-34(41)36(50-45-25-9-11-26(12-10-25)71(57,58)18-17-70-74(65,66)67)33(39(54)55)37(35(38)42)51-49-30-20-28(44-40(43)56)29(21-31(30)68-16-14-53)48-47-27-13-6-23(19-32(27)72(59,60)61)3-2-15-69-73(62,63)64/h4-13,19-21,53H,2-3,14-18,41-42H2,1H3,(H,54,55)(H3,43,44,56)(H,59,60,61)(H,62,63,64)(H,65,66,67). The number of nitrogen functional groups attached to an aromatic ring is 2. The average molecular weight is 1110 g/mol. The molecular formula is C40H42N12O18S4. The molecule has 34 heteroatoms. The highest BCUT2D eigenvalue weighted by Gasteiger charge is 2.28. The number of aliphatic hydroxyl groups excluding tert-OH is 1. The number of primary amides is 1. The van der Waals surface area contributed by atoms with Crippen LogP contribution in [0.1, 0.15) is 27.9 Å². The quantitative estimate of drug-likeness (QED) is 0.0130. The second-order valence-electron chi connectivity index (χ2n) is 14.8. The second kappa shape index (κ2) is 24.3. The molecule has 30 nitrogen and oxygen atoms in total. The molecule has 5 aromatic carbocycles. The summed E-state index contributed by atoms with van der Waals surface area (Å²) in [6.07, 6.45) is 0.00284. The highest BCUT2D eigenvalue weighted by atomic mass is 32.3. The Morgan fingerprint density at radius 1 is 0.635 bits per heavy atom. The number of nitrogens with two attached hydrogens (primary N) is 3. The molecule has 0 aromatic heterocycles. The van der Waals surface area contributed by atoms with Gasteiger partial charge in [0.2, 0.25) is 0 Å². The predicted octanol–water partition coefficient (Wildman–Crippen LogP) is 6.97. The zero-order valence-corrected chi connectivity index (χ0v) is 41.2. The summed E-state index contributed by atoms with van der Waals surface area (Å²) in [7, 11) is -18.8. The molecule has 5 rings (SSSR count). The van der Waals surface area contributed by atoms with Crippen LogP contribution in [0, 0.1) is 6.92 Å². The van der Waals surface area contributed by atoms with Crippen molar-refractivity contribution in [2.75, 3.05) is 49.0 Å². The molecule has 0 saturated carbocycles. The maximum absolute atomic E-state index is 13.1. The number of rotatable bonds is 24. The third kappa shape index (κ3) is 16.4. The van der Waals surface area contributed by atoms with Crippen LogP contribution in [0.25, 0.3) is 0 Å². The number of carboxylic acids is 1. The molecule has 0 fully saturated rings. The molecule has 12 N–H and O–H groups in total. The Balaban J connectivity index is 1.63. The van der Waals surface area contributed by atoms with Crippen LogP contribution in [0.15, 0.2) is 130 Å². The number of sulfone groups is 1. The number of carboxylic acid groups (broad SMARTS) is 1. The molecule has 0 aliphatic heterocycles. The molecule has 5 aromatic rings. The molecule has 0 aliphatic carbocycles. The van der Waals surface area contributed by atoms with E-state index in [2.05, 4.69) is 54.6 Å². The van der Waals surface area contributed by atoms with Crippen LogP contribution in [-0.4, -0.2) is 102 Å². The lowest BCUT2D eigenvalue weighted by atomic mass is 10.1. The number of urea groups is 1. The van der Waals surface area contributed by atoms with Crippen molar-refractivity contribution in [3.05, 3.63) is 95.6 Å². The third-order valence-corrected chi connectivity index (χ3v) is 12.9. The molecule has 0 heterocycles. The summed E-state index contributed by atoms with van der Waals surface area (Å²) in [4.78, 5) is 24.3. The number of aryl methyl sites for hydroxylation is 2. The van der Waals surface area contributed by atoms with Gasteiger partial charge in [-0.1, -0.05) is 23.8 Å². The zero-order chi connectivity index (χ0) is 54.6. The van der Waals surface area contributed by atoms with E-state index in [0.717, 1.165) is 54.1 Å². The van der Waals surface area contributed by atoms with Gasteiger partial charge in [-0.05, 0) is 79.9 Å². The van der Waals surface area contributed by atoms with E-state index in [1.165, 1.54) is 6.07 Å². The minimum atomic E-state index is -5.00. The van der Waals surface area contributed by atoms with E-state index in [4.69, 9.17) is 31.0 Å². The van der Waals surface area contributed by atoms with Gasteiger partial charge < -0.3 is 37.5 Å². The van der Waals surface area contributed by atoms with Gasteiger partial charge in [-0.3, -0.25) is 13.7 Å². The largest absolute Gasteiger partial charge is 0.489 e. The van der Waals surface area contributed by atoms with Gasteiger partial charge in [-0.2, -0.15) is 35.5 Å². The van der Waals surface area contributed by atoms with Crippen LogP contribution >= 0.6 is 0 Å². The first kappa shape index (κ1) is 57.1. The molecular weight excluding hydrogens is 1060 g/mol. The van der Waals surface area contributed by atoms with E-state index in [1.54, 1.807) is 24.3 Å². The minimum absolute atomic E-state index is 0.0111. The topological polar surface area (TPSA) is 489 Å². The van der Waals surface area contributed by atoms with Crippen LogP contribution < -0.4 is 27.3 Å². The number of aliphatic hydroxyl groups is 1. The van der Waals surface area contributed by atoms with Crippen molar-refractivity contribution in [1.82, 2.24) is 0 Å². The Kier molecular flexibility index (Phi) is 18.7. The van der Waals surface area contributed by atoms with E-state index >= 15 is 0 Å². The van der Waals surface area contributed by atoms with E-state index in [9.17, 15) is 58.0 Å². The maximum atomic E-state index is 13.1. The monoisotopic (exact) mass is 1110 g/mol. The number of carbonyl (C=O) groups is 2. The van der Waals surface area contributed by atoms with Crippen molar-refractivity contribution >= 4 is 115 Å². The zero-order valence-electron chi connectivity index (χ0n) is 37.9. The first-order valence-corrected chi connectivity index (χ1v) is 26.3. The summed E-state index contributed by atoms with van der Waals surface area (Å²) in [6.45, 7) is -0.532. The van der Waals surface area contributed by atoms with Gasteiger partial charge in [-0.25, -0.2) is 26.4 Å². The van der Waals surface area contributed by atoms with E-state index in [0.29, 0.717) is 5.69 Å². The summed E-state index contributed by atoms with van der Waals surface area (Å²) in [5.74, 6) is -2.87. The number of nitrogens with one attached hydrogen (secondary N) is 1. The van der Waals surface area contributed by atoms with Gasteiger partial charge in [0.1, 0.15) is 56.9 Å². The molecule has 0 atom stereocenters. The van der Waals surface area contributed by atoms with Crippen LogP contribution in [-0.2, 0) is 55.5 Å². The molecule has 2 amide bonds. The third-order valence-electron chi connectivity index (χ3n) is 9.40. The number of hydrogen-bond acceptors (Lipinski definition) is 24. The maximum Gasteiger partial charge on any atom is 0.397 e. The predicted molar refractivity (Wildman–Crippen MR) is 260 cm³/mol. The summed E-state index contributed by atoms with van der Waals surface area (Å²) < 4.78 is 135. The number of hydrogen-bond donors (Lipinski definition) is 9. The van der Waals surface area contributed by atoms with Crippen LogP contribution in [0.3, 0.4) is 0 Å². The smallest absolute Gasteiger partial charge is 0.397 e. The fraction of sp³-hybridized carbons (Fsp3) is 0.200. The van der Waals surface area contributed by atoms with Crippen LogP contribution in [0.4, 0.5) is 67.4 Å². The molecule has 394 valence electrons. The van der Waals surface area contributed by atoms with Crippen molar-refractivity contribution in [2.45, 2.75) is 29.6 Å². The fourth-order valence-corrected chi connectivity index (χ4v) is 8.55. The van der Waals surface area contributed by atoms with Gasteiger partial charge in [-0.15, -0.1) is 30.7 Å². The van der Waals surface area contributed by atoms with E-state index in [-0.39, 0.29) is 57.5 Å². The molecule has 0 saturated heterocycles. The van der Waals surface area contributed by atoms with Gasteiger partial charge in [0, 0.05) is 6.07 Å². The molecule has 0 aliphatic rings. The normalized spacial score (nSPS) is 12.6. The lowest BCUT2D eigenvalue weighted by Crippen LogP contribution is -2.19. The van der Waals surface area contributed by atoms with Crippen molar-refractivity contribution in [2.24, 2.45) is 46.6 Å². The fourth-order valence-electron chi connectivity index (χ4n) is 6.06. The summed E-state index contributed by atoms with van der Waals surface area (Å²) in [5.41, 5.74) is 14.9. The van der Waals surface area contributed by atoms with Crippen molar-refractivity contribution in [3.8, 4) is 5.75 Å². The lowest BCUT2D eigenvalue weighted by molar-refractivity contribution is 0.0698. The Morgan fingerprint density at radius 3 is 1.73 bits per heavy atom. The summed E-state index contributed by atoms with van der Waals surface area (Å²) >= 11 is 0. The molecule has 0 bridgehead atoms. The Hall–Kier alpha value is -7.80. The van der Waals surface area contributed by atoms with Crippen molar-refractivity contribution in [3.63, 3.8) is 0 Å². The Bertz CT molecular complexity index is 3530. The summed E-state index contributed by atoms with van der Waals surface area (Å²) in [6, 6.07) is 15.6. The molecule has 74 heavy (non-hydrogen) atoms. The van der Waals surface area contributed by atoms with E-state index < -0.39 is 124 Å².